The summed E-state index contributed by atoms with van der Waals surface area (Å²) in [5, 5.41) is 0. The average molecular weight is 272 g/mol. The van der Waals surface area contributed by atoms with Crippen LogP contribution in [0.1, 0.15) is 41.0 Å². The summed E-state index contributed by atoms with van der Waals surface area (Å²) in [6.45, 7) is 13.9. The fourth-order valence-electron chi connectivity index (χ4n) is 2.78. The highest BCUT2D eigenvalue weighted by Crippen LogP contribution is 2.49. The van der Waals surface area contributed by atoms with E-state index in [4.69, 9.17) is 15.2 Å². The van der Waals surface area contributed by atoms with Crippen molar-refractivity contribution in [2.75, 3.05) is 33.4 Å². The molecule has 2 N–H and O–H groups in total. The molecule has 2 atom stereocenters. The molecule has 19 heavy (non-hydrogen) atoms. The van der Waals surface area contributed by atoms with E-state index >= 15 is 0 Å². The molecule has 0 aliphatic heterocycles. The molecule has 0 heterocycles. The maximum Gasteiger partial charge on any atom is 0.0662 e. The number of hydrogen-bond acceptors (Lipinski definition) is 4. The van der Waals surface area contributed by atoms with Gasteiger partial charge < -0.3 is 20.1 Å². The molecule has 4 heteroatoms. The Bertz CT molecular complexity index is 281. The highest BCUT2D eigenvalue weighted by molar-refractivity contribution is 5.14. The largest absolute Gasteiger partial charge is 0.378 e. The third-order valence-electron chi connectivity index (χ3n) is 4.48. The van der Waals surface area contributed by atoms with Crippen LogP contribution < -0.4 is 5.73 Å². The molecule has 0 aromatic rings. The first-order valence-electron chi connectivity index (χ1n) is 7.43. The van der Waals surface area contributed by atoms with Crippen molar-refractivity contribution < 1.29 is 9.47 Å². The van der Waals surface area contributed by atoms with E-state index in [1.54, 1.807) is 0 Å². The van der Waals surface area contributed by atoms with Gasteiger partial charge in [0.2, 0.25) is 0 Å². The molecule has 0 aromatic carbocycles. The molecule has 0 saturated heterocycles. The van der Waals surface area contributed by atoms with Gasteiger partial charge in [-0.3, -0.25) is 0 Å². The highest BCUT2D eigenvalue weighted by Gasteiger charge is 2.58. The third-order valence-corrected chi connectivity index (χ3v) is 4.48. The normalized spacial score (nSPS) is 29.8. The molecule has 2 unspecified atom stereocenters. The average Bonchev–Trinajstić information content (AvgIpc) is 2.28. The van der Waals surface area contributed by atoms with E-state index in [-0.39, 0.29) is 11.0 Å². The van der Waals surface area contributed by atoms with E-state index < -0.39 is 0 Å². The Morgan fingerprint density at radius 1 is 1.37 bits per heavy atom. The van der Waals surface area contributed by atoms with E-state index in [0.717, 1.165) is 32.7 Å². The van der Waals surface area contributed by atoms with E-state index in [1.807, 2.05) is 6.92 Å². The molecule has 0 amide bonds. The molecule has 114 valence electrons. The van der Waals surface area contributed by atoms with E-state index in [2.05, 4.69) is 39.6 Å². The predicted molar refractivity (Wildman–Crippen MR) is 79.3 cm³/mol. The fourth-order valence-corrected chi connectivity index (χ4v) is 2.78. The first kappa shape index (κ1) is 16.9. The van der Waals surface area contributed by atoms with E-state index in [1.165, 1.54) is 0 Å². The summed E-state index contributed by atoms with van der Waals surface area (Å²) in [5.74, 6) is 0. The van der Waals surface area contributed by atoms with Crippen LogP contribution in [-0.2, 0) is 9.47 Å². The Balaban J connectivity index is 2.39. The van der Waals surface area contributed by atoms with E-state index in [9.17, 15) is 0 Å². The highest BCUT2D eigenvalue weighted by atomic mass is 16.5. The summed E-state index contributed by atoms with van der Waals surface area (Å²) in [6.07, 6.45) is 1.54. The SMILES string of the molecule is CCOC1CC(N)(CN(C)CCOC(C)C)C1(C)C. The van der Waals surface area contributed by atoms with Gasteiger partial charge in [0, 0.05) is 30.7 Å². The summed E-state index contributed by atoms with van der Waals surface area (Å²) >= 11 is 0. The predicted octanol–water partition coefficient (Wildman–Crippen LogP) is 1.88. The summed E-state index contributed by atoms with van der Waals surface area (Å²) in [4.78, 5) is 2.27. The summed E-state index contributed by atoms with van der Waals surface area (Å²) in [7, 11) is 2.11. The number of nitrogens with zero attached hydrogens (tertiary/aromatic N) is 1. The standard InChI is InChI=1S/C15H32N2O2/c1-7-18-13-10-15(16,14(13,4)5)11-17(6)8-9-19-12(2)3/h12-13H,7-11,16H2,1-6H3. The first-order valence-corrected chi connectivity index (χ1v) is 7.43. The third kappa shape index (κ3) is 3.91. The van der Waals surface area contributed by atoms with Crippen LogP contribution in [0, 0.1) is 5.41 Å². The monoisotopic (exact) mass is 272 g/mol. The van der Waals surface area contributed by atoms with Crippen LogP contribution in [0.15, 0.2) is 0 Å². The van der Waals surface area contributed by atoms with Crippen LogP contribution in [0.5, 0.6) is 0 Å². The molecule has 1 saturated carbocycles. The van der Waals surface area contributed by atoms with Crippen LogP contribution in [0.4, 0.5) is 0 Å². The summed E-state index contributed by atoms with van der Waals surface area (Å²) in [6, 6.07) is 0. The second-order valence-corrected chi connectivity index (χ2v) is 6.68. The van der Waals surface area contributed by atoms with E-state index in [0.29, 0.717) is 12.2 Å². The Labute approximate surface area is 118 Å². The van der Waals surface area contributed by atoms with Gasteiger partial charge in [-0.05, 0) is 34.2 Å². The van der Waals surface area contributed by atoms with Crippen LogP contribution >= 0.6 is 0 Å². The van der Waals surface area contributed by atoms with Crippen molar-refractivity contribution in [3.8, 4) is 0 Å². The molecule has 0 bridgehead atoms. The van der Waals surface area contributed by atoms with Crippen LogP contribution in [-0.4, -0.2) is 56.0 Å². The Morgan fingerprint density at radius 2 is 2.00 bits per heavy atom. The van der Waals surface area contributed by atoms with Crippen molar-refractivity contribution in [2.24, 2.45) is 11.1 Å². The Hall–Kier alpha value is -0.160. The van der Waals surface area contributed by atoms with Gasteiger partial charge in [0.1, 0.15) is 0 Å². The van der Waals surface area contributed by atoms with Crippen LogP contribution in [0.3, 0.4) is 0 Å². The molecule has 0 radical (unpaired) electrons. The van der Waals surface area contributed by atoms with Gasteiger partial charge in [0.15, 0.2) is 0 Å². The quantitative estimate of drug-likeness (QED) is 0.733. The minimum absolute atomic E-state index is 0.0379. The topological polar surface area (TPSA) is 47.7 Å². The summed E-state index contributed by atoms with van der Waals surface area (Å²) in [5.41, 5.74) is 6.46. The van der Waals surface area contributed by atoms with Gasteiger partial charge in [0.05, 0.1) is 18.8 Å². The zero-order valence-electron chi connectivity index (χ0n) is 13.5. The van der Waals surface area contributed by atoms with Crippen LogP contribution in [0.25, 0.3) is 0 Å². The van der Waals surface area contributed by atoms with Gasteiger partial charge in [0.25, 0.3) is 0 Å². The maximum absolute atomic E-state index is 6.57. The minimum Gasteiger partial charge on any atom is -0.378 e. The Kier molecular flexibility index (Phi) is 5.80. The number of likely N-dealkylation sites (N-methyl/N-ethyl adjacent to an activating group) is 1. The lowest BCUT2D eigenvalue weighted by Crippen LogP contribution is -2.73. The van der Waals surface area contributed by atoms with Gasteiger partial charge in [-0.2, -0.15) is 0 Å². The lowest BCUT2D eigenvalue weighted by Gasteiger charge is -2.60. The van der Waals surface area contributed by atoms with Gasteiger partial charge in [-0.1, -0.05) is 13.8 Å². The van der Waals surface area contributed by atoms with Crippen LogP contribution in [0.2, 0.25) is 0 Å². The molecule has 4 nitrogen and oxygen atoms in total. The number of ether oxygens (including phenoxy) is 2. The van der Waals surface area contributed by atoms with Gasteiger partial charge in [-0.15, -0.1) is 0 Å². The minimum atomic E-state index is -0.153. The zero-order chi connectivity index (χ0) is 14.7. The van der Waals surface area contributed by atoms with Crippen molar-refractivity contribution in [3.05, 3.63) is 0 Å². The number of rotatable bonds is 8. The molecular weight excluding hydrogens is 240 g/mol. The van der Waals surface area contributed by atoms with Crippen molar-refractivity contribution >= 4 is 0 Å². The number of hydrogen-bond donors (Lipinski definition) is 1. The molecule has 0 spiro atoms. The lowest BCUT2D eigenvalue weighted by molar-refractivity contribution is -0.155. The molecule has 1 aliphatic carbocycles. The van der Waals surface area contributed by atoms with Gasteiger partial charge >= 0.3 is 0 Å². The first-order chi connectivity index (χ1) is 8.73. The second kappa shape index (κ2) is 6.53. The molecule has 1 aliphatic rings. The smallest absolute Gasteiger partial charge is 0.0662 e. The number of nitrogens with two attached hydrogens (primary N) is 1. The molecular formula is C15H32N2O2. The van der Waals surface area contributed by atoms with Crippen molar-refractivity contribution in [1.29, 1.82) is 0 Å². The summed E-state index contributed by atoms with van der Waals surface area (Å²) < 4.78 is 11.3. The Morgan fingerprint density at radius 3 is 2.47 bits per heavy atom. The zero-order valence-corrected chi connectivity index (χ0v) is 13.5. The maximum atomic E-state index is 6.57. The van der Waals surface area contributed by atoms with Crippen molar-refractivity contribution in [2.45, 2.75) is 58.8 Å². The van der Waals surface area contributed by atoms with Gasteiger partial charge in [-0.25, -0.2) is 0 Å². The van der Waals surface area contributed by atoms with Crippen molar-refractivity contribution in [3.63, 3.8) is 0 Å². The fraction of sp³-hybridized carbons (Fsp3) is 1.00. The molecule has 1 fully saturated rings. The molecule has 0 aromatic heterocycles. The second-order valence-electron chi connectivity index (χ2n) is 6.68. The lowest BCUT2D eigenvalue weighted by atomic mass is 9.54. The molecule has 1 rings (SSSR count). The van der Waals surface area contributed by atoms with Crippen molar-refractivity contribution in [1.82, 2.24) is 4.90 Å².